The number of hydrogen-bond donors (Lipinski definition) is 1. The van der Waals surface area contributed by atoms with Gasteiger partial charge in [-0.05, 0) is 19.3 Å². The van der Waals surface area contributed by atoms with Gasteiger partial charge in [0.25, 0.3) is 0 Å². The first-order valence-electron chi connectivity index (χ1n) is 7.32. The molecule has 5 nitrogen and oxygen atoms in total. The van der Waals surface area contributed by atoms with E-state index >= 15 is 0 Å². The van der Waals surface area contributed by atoms with Crippen LogP contribution in [-0.2, 0) is 9.59 Å². The van der Waals surface area contributed by atoms with E-state index < -0.39 is 5.41 Å². The zero-order valence-electron chi connectivity index (χ0n) is 11.9. The lowest BCUT2D eigenvalue weighted by molar-refractivity contribution is -0.147. The summed E-state index contributed by atoms with van der Waals surface area (Å²) < 4.78 is 0. The van der Waals surface area contributed by atoms with Crippen LogP contribution in [0.15, 0.2) is 0 Å². The number of carbonyl (C=O) groups excluding carboxylic acids is 2. The molecule has 1 saturated heterocycles. The molecule has 0 atom stereocenters. The first-order chi connectivity index (χ1) is 9.09. The standard InChI is InChI=1S/C14H25N3O2/c1-16-8-5-9-17(10-12(16)18)13(19)14(11-15)6-3-2-4-7-14/h2-11,15H2,1H3. The van der Waals surface area contributed by atoms with Crippen molar-refractivity contribution in [2.75, 3.05) is 33.2 Å². The maximum absolute atomic E-state index is 12.8. The fraction of sp³-hybridized carbons (Fsp3) is 0.857. The third-order valence-corrected chi connectivity index (χ3v) is 4.62. The monoisotopic (exact) mass is 267 g/mol. The third-order valence-electron chi connectivity index (χ3n) is 4.62. The first kappa shape index (κ1) is 14.3. The third kappa shape index (κ3) is 2.91. The van der Waals surface area contributed by atoms with E-state index in [1.807, 2.05) is 0 Å². The highest BCUT2D eigenvalue weighted by Crippen LogP contribution is 2.37. The van der Waals surface area contributed by atoms with Crippen LogP contribution in [-0.4, -0.2) is 54.8 Å². The molecule has 2 aliphatic rings. The van der Waals surface area contributed by atoms with Gasteiger partial charge in [0.15, 0.2) is 0 Å². The Morgan fingerprint density at radius 2 is 1.89 bits per heavy atom. The van der Waals surface area contributed by atoms with Gasteiger partial charge in [-0.3, -0.25) is 9.59 Å². The zero-order chi connectivity index (χ0) is 13.9. The molecule has 0 aromatic carbocycles. The van der Waals surface area contributed by atoms with Gasteiger partial charge in [0, 0.05) is 26.7 Å². The predicted octanol–water partition coefficient (Wildman–Crippen LogP) is 0.586. The lowest BCUT2D eigenvalue weighted by Crippen LogP contribution is -2.50. The van der Waals surface area contributed by atoms with Gasteiger partial charge in [0.2, 0.25) is 11.8 Å². The van der Waals surface area contributed by atoms with E-state index in [9.17, 15) is 9.59 Å². The van der Waals surface area contributed by atoms with E-state index in [1.54, 1.807) is 16.8 Å². The Balaban J connectivity index is 2.10. The Morgan fingerprint density at radius 1 is 1.21 bits per heavy atom. The molecule has 5 heteroatoms. The van der Waals surface area contributed by atoms with Gasteiger partial charge in [-0.25, -0.2) is 0 Å². The van der Waals surface area contributed by atoms with E-state index in [-0.39, 0.29) is 18.4 Å². The highest BCUT2D eigenvalue weighted by atomic mass is 16.2. The highest BCUT2D eigenvalue weighted by Gasteiger charge is 2.41. The molecule has 2 amide bonds. The smallest absolute Gasteiger partial charge is 0.241 e. The topological polar surface area (TPSA) is 66.6 Å². The van der Waals surface area contributed by atoms with E-state index in [0.717, 1.165) is 38.6 Å². The van der Waals surface area contributed by atoms with Crippen molar-refractivity contribution in [3.05, 3.63) is 0 Å². The van der Waals surface area contributed by atoms with Gasteiger partial charge in [-0.1, -0.05) is 19.3 Å². The second-order valence-electron chi connectivity index (χ2n) is 5.94. The average Bonchev–Trinajstić information content (AvgIpc) is 2.61. The number of hydrogen-bond acceptors (Lipinski definition) is 3. The summed E-state index contributed by atoms with van der Waals surface area (Å²) >= 11 is 0. The van der Waals surface area contributed by atoms with Crippen molar-refractivity contribution in [2.45, 2.75) is 38.5 Å². The van der Waals surface area contributed by atoms with Crippen LogP contribution in [0.1, 0.15) is 38.5 Å². The van der Waals surface area contributed by atoms with Crippen molar-refractivity contribution in [1.29, 1.82) is 0 Å². The largest absolute Gasteiger partial charge is 0.344 e. The van der Waals surface area contributed by atoms with Crippen molar-refractivity contribution in [1.82, 2.24) is 9.80 Å². The Kier molecular flexibility index (Phi) is 4.45. The number of rotatable bonds is 2. The Morgan fingerprint density at radius 3 is 2.53 bits per heavy atom. The second-order valence-corrected chi connectivity index (χ2v) is 5.94. The van der Waals surface area contributed by atoms with Gasteiger partial charge < -0.3 is 15.5 Å². The minimum Gasteiger partial charge on any atom is -0.344 e. The molecule has 0 bridgehead atoms. The number of nitrogens with two attached hydrogens (primary N) is 1. The molecule has 1 aliphatic carbocycles. The van der Waals surface area contributed by atoms with Gasteiger partial charge in [0.05, 0.1) is 12.0 Å². The first-order valence-corrected chi connectivity index (χ1v) is 7.32. The van der Waals surface area contributed by atoms with E-state index in [1.165, 1.54) is 6.42 Å². The number of nitrogens with zero attached hydrogens (tertiary/aromatic N) is 2. The molecule has 2 N–H and O–H groups in total. The maximum Gasteiger partial charge on any atom is 0.241 e. The van der Waals surface area contributed by atoms with Crippen molar-refractivity contribution < 1.29 is 9.59 Å². The summed E-state index contributed by atoms with van der Waals surface area (Å²) in [5.41, 5.74) is 5.50. The molecule has 1 aliphatic heterocycles. The van der Waals surface area contributed by atoms with Crippen molar-refractivity contribution in [3.8, 4) is 0 Å². The lowest BCUT2D eigenvalue weighted by Gasteiger charge is -2.38. The molecule has 1 heterocycles. The van der Waals surface area contributed by atoms with Crippen LogP contribution in [0.2, 0.25) is 0 Å². The van der Waals surface area contributed by atoms with E-state index in [2.05, 4.69) is 0 Å². The number of carbonyl (C=O) groups is 2. The van der Waals surface area contributed by atoms with Crippen molar-refractivity contribution >= 4 is 11.8 Å². The highest BCUT2D eigenvalue weighted by molar-refractivity contribution is 5.88. The van der Waals surface area contributed by atoms with Gasteiger partial charge >= 0.3 is 0 Å². The Bertz CT molecular complexity index is 351. The van der Waals surface area contributed by atoms with Crippen LogP contribution in [0, 0.1) is 5.41 Å². The minimum atomic E-state index is -0.401. The average molecular weight is 267 g/mol. The van der Waals surface area contributed by atoms with Crippen LogP contribution < -0.4 is 5.73 Å². The van der Waals surface area contributed by atoms with Crippen LogP contribution in [0.5, 0.6) is 0 Å². The fourth-order valence-corrected chi connectivity index (χ4v) is 3.23. The summed E-state index contributed by atoms with van der Waals surface area (Å²) in [6, 6.07) is 0. The predicted molar refractivity (Wildman–Crippen MR) is 73.4 cm³/mol. The van der Waals surface area contributed by atoms with Gasteiger partial charge in [0.1, 0.15) is 0 Å². The van der Waals surface area contributed by atoms with E-state index in [0.29, 0.717) is 13.1 Å². The van der Waals surface area contributed by atoms with Crippen LogP contribution in [0.25, 0.3) is 0 Å². The normalized spacial score (nSPS) is 24.2. The summed E-state index contributed by atoms with van der Waals surface area (Å²) in [7, 11) is 1.80. The number of amides is 2. The molecule has 0 spiro atoms. The summed E-state index contributed by atoms with van der Waals surface area (Å²) in [5.74, 6) is 0.146. The molecule has 0 aromatic rings. The summed E-state index contributed by atoms with van der Waals surface area (Å²) in [4.78, 5) is 28.1. The SMILES string of the molecule is CN1CCCN(C(=O)C2(CN)CCCCC2)CC1=O. The van der Waals surface area contributed by atoms with Crippen LogP contribution in [0.3, 0.4) is 0 Å². The zero-order valence-corrected chi connectivity index (χ0v) is 11.9. The Hall–Kier alpha value is -1.10. The minimum absolute atomic E-state index is 0.0360. The summed E-state index contributed by atoms with van der Waals surface area (Å²) in [5, 5.41) is 0. The molecule has 0 unspecified atom stereocenters. The van der Waals surface area contributed by atoms with Crippen LogP contribution >= 0.6 is 0 Å². The molecular weight excluding hydrogens is 242 g/mol. The molecule has 108 valence electrons. The quantitative estimate of drug-likeness (QED) is 0.796. The fourth-order valence-electron chi connectivity index (χ4n) is 3.23. The summed E-state index contributed by atoms with van der Waals surface area (Å²) in [6.07, 6.45) is 5.95. The van der Waals surface area contributed by atoms with Gasteiger partial charge in [-0.15, -0.1) is 0 Å². The second kappa shape index (κ2) is 5.90. The Labute approximate surface area is 115 Å². The van der Waals surface area contributed by atoms with Crippen molar-refractivity contribution in [3.63, 3.8) is 0 Å². The van der Waals surface area contributed by atoms with E-state index in [4.69, 9.17) is 5.73 Å². The number of likely N-dealkylation sites (N-methyl/N-ethyl adjacent to an activating group) is 1. The molecule has 1 saturated carbocycles. The molecule has 0 aromatic heterocycles. The molecular formula is C14H25N3O2. The van der Waals surface area contributed by atoms with Gasteiger partial charge in [-0.2, -0.15) is 0 Å². The molecule has 2 rings (SSSR count). The van der Waals surface area contributed by atoms with Crippen molar-refractivity contribution in [2.24, 2.45) is 11.1 Å². The molecule has 19 heavy (non-hydrogen) atoms. The van der Waals surface area contributed by atoms with Crippen LogP contribution in [0.4, 0.5) is 0 Å². The summed E-state index contributed by atoms with van der Waals surface area (Å²) in [6.45, 7) is 2.04. The molecule has 2 fully saturated rings. The maximum atomic E-state index is 12.8. The molecule has 0 radical (unpaired) electrons. The lowest BCUT2D eigenvalue weighted by atomic mass is 9.73.